The number of methoxy groups -OCH3 is 1. The van der Waals surface area contributed by atoms with Crippen LogP contribution < -0.4 is 9.47 Å². The third-order valence-electron chi connectivity index (χ3n) is 11.7. The van der Waals surface area contributed by atoms with Crippen molar-refractivity contribution < 1.29 is 28.6 Å². The lowest BCUT2D eigenvalue weighted by atomic mass is 9.85. The Bertz CT molecular complexity index is 3200. The second-order valence-corrected chi connectivity index (χ2v) is 24.3. The molecule has 0 aliphatic rings. The van der Waals surface area contributed by atoms with Gasteiger partial charge in [-0.15, -0.1) is 11.5 Å². The minimum atomic E-state index is -2.43. The van der Waals surface area contributed by atoms with Crippen LogP contribution in [0, 0.1) is 30.2 Å². The lowest BCUT2D eigenvalue weighted by Gasteiger charge is -2.38. The Morgan fingerprint density at radius 1 is 0.562 bits per heavy atom. The zero-order valence-corrected chi connectivity index (χ0v) is 41.5. The summed E-state index contributed by atoms with van der Waals surface area (Å²) in [4.78, 5) is 52.9. The molecule has 0 saturated heterocycles. The van der Waals surface area contributed by atoms with Crippen molar-refractivity contribution in [3.63, 3.8) is 0 Å². The van der Waals surface area contributed by atoms with Crippen LogP contribution in [-0.2, 0) is 4.74 Å². The van der Waals surface area contributed by atoms with E-state index in [0.29, 0.717) is 54.7 Å². The number of ether oxygens (including phenoxy) is 3. The summed E-state index contributed by atoms with van der Waals surface area (Å²) in [5, 5.41) is 3.02. The molecule has 0 bridgehead atoms. The number of carbonyl (C=O) groups is 3. The van der Waals surface area contributed by atoms with Crippen LogP contribution in [0.2, 0.25) is 46.8 Å². The summed E-state index contributed by atoms with van der Waals surface area (Å²) in [6, 6.07) is 8.84. The van der Waals surface area contributed by atoms with Gasteiger partial charge in [0.2, 0.25) is 0 Å². The van der Waals surface area contributed by atoms with E-state index in [0.717, 1.165) is 0 Å². The highest BCUT2D eigenvalue weighted by Gasteiger charge is 2.42. The number of aryl methyl sites for hydroxylation is 1. The van der Waals surface area contributed by atoms with Crippen molar-refractivity contribution in [1.82, 2.24) is 9.97 Å². The number of hydrogen-bond acceptors (Lipinski definition) is 8. The summed E-state index contributed by atoms with van der Waals surface area (Å²) in [5.41, 5.74) is 6.76. The second kappa shape index (κ2) is 18.2. The van der Waals surface area contributed by atoms with Crippen molar-refractivity contribution in [2.75, 3.05) is 7.11 Å². The lowest BCUT2D eigenvalue weighted by Crippen LogP contribution is -2.43. The smallest absolute Gasteiger partial charge is 0.344 e. The fraction of sp³-hybridized carbons (Fsp3) is 0.245. The minimum absolute atomic E-state index is 0.0147. The van der Waals surface area contributed by atoms with Gasteiger partial charge in [-0.05, 0) is 72.4 Å². The van der Waals surface area contributed by atoms with E-state index in [1.807, 2.05) is 6.92 Å². The molecule has 0 spiro atoms. The van der Waals surface area contributed by atoms with E-state index in [1.54, 1.807) is 19.2 Å². The van der Waals surface area contributed by atoms with Crippen molar-refractivity contribution in [1.29, 1.82) is 0 Å². The Kier molecular flexibility index (Phi) is 13.4. The largest absolute Gasteiger partial charge is 0.465 e. The van der Waals surface area contributed by atoms with Crippen LogP contribution in [0.5, 0.6) is 11.5 Å². The number of nitrogens with zero attached hydrogens (tertiary/aromatic N) is 2. The SMILES string of the molecule is CC#Cc1cc(C(=O)Oc2c(Cl)cc(Cl)cc2Cl)c2c(C(=O)OC)cnc3c4c(C#C[Si](C(C)C)(C(C)C)C(C)C)cc(C(=O)Oc5c(Cl)cc(Cl)cc5Cl)c5c(C)cnc(c1c23)c54. The Labute approximate surface area is 401 Å². The molecule has 2 aromatic heterocycles. The first-order valence-electron chi connectivity index (χ1n) is 20.0. The standard InChI is InChI=1S/C49H38Cl6N2O6Si/c1-10-11-26-14-31(49(60)63-46-35(54)18-29(51)19-36(46)55)40-32(47(58)61-9)21-57-44-39-27(12-13-64(22(2)3,23(4)5)24(6)7)15-30(48(59)62-45-33(52)16-28(50)17-34(45)53)37-25(8)20-56-43(41(37)39)38(26)42(40)44/h14-24H,1-9H3. The molecule has 15 heteroatoms. The highest BCUT2D eigenvalue weighted by atomic mass is 35.5. The Hall–Kier alpha value is -4.81. The van der Waals surface area contributed by atoms with Gasteiger partial charge >= 0.3 is 17.9 Å². The molecular formula is C49H38Cl6N2O6Si. The molecule has 2 heterocycles. The molecule has 0 aliphatic heterocycles. The van der Waals surface area contributed by atoms with Gasteiger partial charge in [0.1, 0.15) is 8.07 Å². The summed E-state index contributed by atoms with van der Waals surface area (Å²) in [7, 11) is -1.21. The third-order valence-corrected chi connectivity index (χ3v) is 19.5. The molecule has 64 heavy (non-hydrogen) atoms. The van der Waals surface area contributed by atoms with E-state index in [-0.39, 0.29) is 80.3 Å². The predicted molar refractivity (Wildman–Crippen MR) is 263 cm³/mol. The lowest BCUT2D eigenvalue weighted by molar-refractivity contribution is 0.0602. The average molecular weight is 992 g/mol. The summed E-state index contributed by atoms with van der Waals surface area (Å²) < 4.78 is 17.1. The number of carbonyl (C=O) groups excluding carboxylic acids is 3. The fourth-order valence-corrected chi connectivity index (χ4v) is 16.0. The van der Waals surface area contributed by atoms with E-state index in [2.05, 4.69) is 64.8 Å². The molecule has 0 radical (unpaired) electrons. The Morgan fingerprint density at radius 2 is 0.984 bits per heavy atom. The van der Waals surface area contributed by atoms with Crippen LogP contribution in [0.3, 0.4) is 0 Å². The molecule has 5 aromatic carbocycles. The molecule has 0 aliphatic carbocycles. The van der Waals surface area contributed by atoms with Gasteiger partial charge in [-0.3, -0.25) is 9.97 Å². The molecule has 326 valence electrons. The van der Waals surface area contributed by atoms with Crippen LogP contribution in [0.15, 0.2) is 48.8 Å². The maximum absolute atomic E-state index is 14.7. The third kappa shape index (κ3) is 8.00. The number of halogens is 6. The van der Waals surface area contributed by atoms with Gasteiger partial charge in [-0.1, -0.05) is 123 Å². The van der Waals surface area contributed by atoms with Crippen molar-refractivity contribution >= 4 is 139 Å². The van der Waals surface area contributed by atoms with Crippen molar-refractivity contribution in [2.45, 2.75) is 72.0 Å². The average Bonchev–Trinajstić information content (AvgIpc) is 3.22. The molecule has 7 rings (SSSR count). The molecule has 8 nitrogen and oxygen atoms in total. The quantitative estimate of drug-likeness (QED) is 0.0370. The fourth-order valence-electron chi connectivity index (χ4n) is 9.02. The first-order valence-corrected chi connectivity index (χ1v) is 24.5. The molecule has 0 unspecified atom stereocenters. The molecule has 0 atom stereocenters. The number of pyridine rings is 2. The van der Waals surface area contributed by atoms with Crippen LogP contribution in [-0.4, -0.2) is 43.1 Å². The molecule has 0 saturated carbocycles. The Morgan fingerprint density at radius 3 is 1.42 bits per heavy atom. The van der Waals surface area contributed by atoms with Crippen LogP contribution in [0.1, 0.15) is 96.2 Å². The van der Waals surface area contributed by atoms with E-state index < -0.39 is 26.0 Å². The van der Waals surface area contributed by atoms with Gasteiger partial charge in [0, 0.05) is 65.9 Å². The van der Waals surface area contributed by atoms with E-state index in [4.69, 9.17) is 93.8 Å². The predicted octanol–water partition coefficient (Wildman–Crippen LogP) is 14.9. The summed E-state index contributed by atoms with van der Waals surface area (Å²) in [5.74, 6) is 7.00. The molecule has 0 amide bonds. The van der Waals surface area contributed by atoms with Gasteiger partial charge in [0.05, 0.1) is 54.9 Å². The van der Waals surface area contributed by atoms with Crippen molar-refractivity contribution in [2.24, 2.45) is 0 Å². The maximum Gasteiger partial charge on any atom is 0.344 e. The second-order valence-electron chi connectivity index (χ2n) is 16.2. The number of hydrogen-bond donors (Lipinski definition) is 0. The van der Waals surface area contributed by atoms with Crippen LogP contribution in [0.4, 0.5) is 0 Å². The van der Waals surface area contributed by atoms with E-state index >= 15 is 0 Å². The number of rotatable bonds is 8. The van der Waals surface area contributed by atoms with Gasteiger partial charge in [-0.25, -0.2) is 14.4 Å². The number of esters is 3. The molecule has 7 aromatic rings. The van der Waals surface area contributed by atoms with Crippen molar-refractivity contribution in [3.8, 4) is 34.8 Å². The van der Waals surface area contributed by atoms with Gasteiger partial charge < -0.3 is 14.2 Å². The summed E-state index contributed by atoms with van der Waals surface area (Å²) in [6.07, 6.45) is 2.97. The zero-order valence-electron chi connectivity index (χ0n) is 36.0. The minimum Gasteiger partial charge on any atom is -0.465 e. The number of aromatic nitrogens is 2. The van der Waals surface area contributed by atoms with Gasteiger partial charge in [0.15, 0.2) is 11.5 Å². The topological polar surface area (TPSA) is 105 Å². The van der Waals surface area contributed by atoms with E-state index in [9.17, 15) is 14.4 Å². The monoisotopic (exact) mass is 988 g/mol. The van der Waals surface area contributed by atoms with Gasteiger partial charge in [-0.2, -0.15) is 0 Å². The Balaban J connectivity index is 1.70. The van der Waals surface area contributed by atoms with E-state index in [1.165, 1.54) is 43.6 Å². The molecular weight excluding hydrogens is 953 g/mol. The number of fused-ring (bicyclic) bond motifs is 2. The number of benzene rings is 5. The first kappa shape index (κ1) is 47.2. The van der Waals surface area contributed by atoms with Crippen LogP contribution in [0.25, 0.3) is 43.4 Å². The normalized spacial score (nSPS) is 11.7. The molecule has 0 fully saturated rings. The van der Waals surface area contributed by atoms with Crippen molar-refractivity contribution in [3.05, 3.63) is 112 Å². The van der Waals surface area contributed by atoms with Crippen LogP contribution >= 0.6 is 69.6 Å². The zero-order chi connectivity index (χ0) is 46.7. The molecule has 0 N–H and O–H groups in total. The highest BCUT2D eigenvalue weighted by Crippen LogP contribution is 2.47. The highest BCUT2D eigenvalue weighted by molar-refractivity contribution is 6.90. The summed E-state index contributed by atoms with van der Waals surface area (Å²) in [6.45, 7) is 16.7. The first-order chi connectivity index (χ1) is 30.3. The maximum atomic E-state index is 14.7. The van der Waals surface area contributed by atoms with Gasteiger partial charge in [0.25, 0.3) is 0 Å². The summed E-state index contributed by atoms with van der Waals surface area (Å²) >= 11 is 38.4.